The summed E-state index contributed by atoms with van der Waals surface area (Å²) in [5.41, 5.74) is 2.39. The van der Waals surface area contributed by atoms with Gasteiger partial charge in [-0.1, -0.05) is 24.3 Å². The maximum Gasteiger partial charge on any atom is 0.261 e. The molecule has 0 aliphatic carbocycles. The molecular formula is C22H25N5O2. The highest BCUT2D eigenvalue weighted by atomic mass is 16.2. The van der Waals surface area contributed by atoms with Crippen molar-refractivity contribution in [3.8, 4) is 0 Å². The van der Waals surface area contributed by atoms with E-state index in [1.807, 2.05) is 42.5 Å². The van der Waals surface area contributed by atoms with Crippen LogP contribution < -0.4 is 15.8 Å². The molecular weight excluding hydrogens is 366 g/mol. The van der Waals surface area contributed by atoms with Crippen LogP contribution >= 0.6 is 0 Å². The van der Waals surface area contributed by atoms with Crippen molar-refractivity contribution in [2.75, 3.05) is 43.4 Å². The molecule has 0 radical (unpaired) electrons. The Morgan fingerprint density at radius 1 is 1.03 bits per heavy atom. The van der Waals surface area contributed by atoms with E-state index in [-0.39, 0.29) is 17.9 Å². The Kier molecular flexibility index (Phi) is 5.57. The summed E-state index contributed by atoms with van der Waals surface area (Å²) >= 11 is 0. The van der Waals surface area contributed by atoms with E-state index >= 15 is 0 Å². The number of amides is 1. The zero-order valence-corrected chi connectivity index (χ0v) is 16.5. The first-order valence-electron chi connectivity index (χ1n) is 9.88. The molecule has 150 valence electrons. The molecule has 7 nitrogen and oxygen atoms in total. The fourth-order valence-electron chi connectivity index (χ4n) is 3.60. The molecule has 0 saturated carbocycles. The van der Waals surface area contributed by atoms with Gasteiger partial charge in [-0.2, -0.15) is 0 Å². The van der Waals surface area contributed by atoms with Gasteiger partial charge in [0.2, 0.25) is 5.91 Å². The van der Waals surface area contributed by atoms with E-state index in [9.17, 15) is 9.59 Å². The molecule has 2 aromatic carbocycles. The molecule has 1 aromatic heterocycles. The fourth-order valence-corrected chi connectivity index (χ4v) is 3.60. The summed E-state index contributed by atoms with van der Waals surface area (Å²) in [7, 11) is 2.12. The van der Waals surface area contributed by atoms with Crippen LogP contribution in [0.4, 0.5) is 11.4 Å². The first kappa shape index (κ1) is 19.1. The monoisotopic (exact) mass is 391 g/mol. The second kappa shape index (κ2) is 8.45. The normalized spacial score (nSPS) is 14.9. The van der Waals surface area contributed by atoms with Crippen molar-refractivity contribution in [1.82, 2.24) is 14.5 Å². The number of likely N-dealkylation sites (N-methyl/N-ethyl adjacent to an activating group) is 1. The van der Waals surface area contributed by atoms with Crippen molar-refractivity contribution >= 4 is 28.2 Å². The SMILES string of the molecule is CN1CCN(c2ccccc2NC(=O)CCn2cnc3ccccc3c2=O)CC1. The van der Waals surface area contributed by atoms with Crippen LogP contribution in [0.3, 0.4) is 0 Å². The Morgan fingerprint density at radius 3 is 2.59 bits per heavy atom. The number of piperazine rings is 1. The average molecular weight is 391 g/mol. The minimum atomic E-state index is -0.124. The third kappa shape index (κ3) is 4.30. The first-order valence-corrected chi connectivity index (χ1v) is 9.88. The summed E-state index contributed by atoms with van der Waals surface area (Å²) in [6.07, 6.45) is 1.72. The second-order valence-electron chi connectivity index (χ2n) is 7.37. The van der Waals surface area contributed by atoms with Crippen LogP contribution in [0.1, 0.15) is 6.42 Å². The molecule has 0 atom stereocenters. The minimum Gasteiger partial charge on any atom is -0.367 e. The number of fused-ring (bicyclic) bond motifs is 1. The van der Waals surface area contributed by atoms with Gasteiger partial charge in [0.15, 0.2) is 0 Å². The number of para-hydroxylation sites is 3. The highest BCUT2D eigenvalue weighted by molar-refractivity contribution is 5.94. The predicted octanol–water partition coefficient (Wildman–Crippen LogP) is 2.18. The van der Waals surface area contributed by atoms with Crippen molar-refractivity contribution in [3.05, 3.63) is 65.2 Å². The molecule has 4 rings (SSSR count). The van der Waals surface area contributed by atoms with Gasteiger partial charge in [0.05, 0.1) is 28.6 Å². The number of rotatable bonds is 5. The standard InChI is InChI=1S/C22H25N5O2/c1-25-12-14-26(15-13-25)20-9-5-4-8-19(20)24-21(28)10-11-27-16-23-18-7-3-2-6-17(18)22(27)29/h2-9,16H,10-15H2,1H3,(H,24,28). The Morgan fingerprint density at radius 2 is 1.76 bits per heavy atom. The number of benzene rings is 2. The summed E-state index contributed by atoms with van der Waals surface area (Å²) in [6.45, 7) is 4.16. The molecule has 29 heavy (non-hydrogen) atoms. The van der Waals surface area contributed by atoms with Gasteiger partial charge in [-0.05, 0) is 31.3 Å². The van der Waals surface area contributed by atoms with E-state index < -0.39 is 0 Å². The number of aryl methyl sites for hydroxylation is 1. The minimum absolute atomic E-state index is 0.119. The van der Waals surface area contributed by atoms with Crippen LogP contribution in [-0.4, -0.2) is 53.6 Å². The van der Waals surface area contributed by atoms with Crippen molar-refractivity contribution in [1.29, 1.82) is 0 Å². The topological polar surface area (TPSA) is 70.5 Å². The van der Waals surface area contributed by atoms with Gasteiger partial charge in [0.1, 0.15) is 0 Å². The fraction of sp³-hybridized carbons (Fsp3) is 0.318. The lowest BCUT2D eigenvalue weighted by molar-refractivity contribution is -0.116. The third-order valence-electron chi connectivity index (χ3n) is 5.33. The van der Waals surface area contributed by atoms with E-state index in [0.29, 0.717) is 17.4 Å². The average Bonchev–Trinajstić information content (AvgIpc) is 2.74. The molecule has 1 aliphatic heterocycles. The van der Waals surface area contributed by atoms with Crippen molar-refractivity contribution in [2.45, 2.75) is 13.0 Å². The number of hydrogen-bond acceptors (Lipinski definition) is 5. The zero-order chi connectivity index (χ0) is 20.2. The van der Waals surface area contributed by atoms with Gasteiger partial charge >= 0.3 is 0 Å². The summed E-state index contributed by atoms with van der Waals surface area (Å²) in [5, 5.41) is 3.58. The number of nitrogens with one attached hydrogen (secondary N) is 1. The van der Waals surface area contributed by atoms with Crippen LogP contribution in [0, 0.1) is 0 Å². The van der Waals surface area contributed by atoms with Crippen molar-refractivity contribution < 1.29 is 4.79 Å². The maximum absolute atomic E-state index is 12.6. The zero-order valence-electron chi connectivity index (χ0n) is 16.5. The third-order valence-corrected chi connectivity index (χ3v) is 5.33. The Bertz CT molecular complexity index is 1070. The van der Waals surface area contributed by atoms with Crippen LogP contribution in [0.5, 0.6) is 0 Å². The number of carbonyl (C=O) groups is 1. The van der Waals surface area contributed by atoms with Crippen LogP contribution in [-0.2, 0) is 11.3 Å². The molecule has 3 aromatic rings. The molecule has 1 fully saturated rings. The molecule has 1 amide bonds. The van der Waals surface area contributed by atoms with Gasteiger partial charge in [0.25, 0.3) is 5.56 Å². The van der Waals surface area contributed by atoms with Gasteiger partial charge in [0, 0.05) is 39.1 Å². The highest BCUT2D eigenvalue weighted by Crippen LogP contribution is 2.26. The molecule has 0 spiro atoms. The molecule has 1 N–H and O–H groups in total. The number of carbonyl (C=O) groups excluding carboxylic acids is 1. The molecule has 2 heterocycles. The quantitative estimate of drug-likeness (QED) is 0.722. The predicted molar refractivity (Wildman–Crippen MR) is 115 cm³/mol. The van der Waals surface area contributed by atoms with Crippen molar-refractivity contribution in [3.63, 3.8) is 0 Å². The number of anilines is 2. The van der Waals surface area contributed by atoms with Crippen LogP contribution in [0.25, 0.3) is 10.9 Å². The molecule has 0 bridgehead atoms. The van der Waals surface area contributed by atoms with Crippen molar-refractivity contribution in [2.24, 2.45) is 0 Å². The Balaban J connectivity index is 1.43. The Hall–Kier alpha value is -3.19. The number of nitrogens with zero attached hydrogens (tertiary/aromatic N) is 4. The lowest BCUT2D eigenvalue weighted by Crippen LogP contribution is -2.44. The largest absolute Gasteiger partial charge is 0.367 e. The molecule has 1 saturated heterocycles. The van der Waals surface area contributed by atoms with Crippen LogP contribution in [0.2, 0.25) is 0 Å². The van der Waals surface area contributed by atoms with Crippen LogP contribution in [0.15, 0.2) is 59.7 Å². The molecule has 1 aliphatic rings. The smallest absolute Gasteiger partial charge is 0.261 e. The first-order chi connectivity index (χ1) is 14.1. The van der Waals surface area contributed by atoms with Gasteiger partial charge in [-0.25, -0.2) is 4.98 Å². The summed E-state index contributed by atoms with van der Waals surface area (Å²) in [6, 6.07) is 15.1. The van der Waals surface area contributed by atoms with E-state index in [0.717, 1.165) is 37.6 Å². The molecule has 7 heteroatoms. The Labute approximate surface area is 169 Å². The van der Waals surface area contributed by atoms with E-state index in [4.69, 9.17) is 0 Å². The summed E-state index contributed by atoms with van der Waals surface area (Å²) in [4.78, 5) is 34.0. The van der Waals surface area contributed by atoms with Gasteiger partial charge < -0.3 is 15.1 Å². The van der Waals surface area contributed by atoms with E-state index in [1.165, 1.54) is 10.9 Å². The van der Waals surface area contributed by atoms with Gasteiger partial charge in [-0.3, -0.25) is 14.2 Å². The lowest BCUT2D eigenvalue weighted by atomic mass is 10.2. The number of hydrogen-bond donors (Lipinski definition) is 1. The van der Waals surface area contributed by atoms with E-state index in [2.05, 4.69) is 27.1 Å². The van der Waals surface area contributed by atoms with Gasteiger partial charge in [-0.15, -0.1) is 0 Å². The highest BCUT2D eigenvalue weighted by Gasteiger charge is 2.17. The lowest BCUT2D eigenvalue weighted by Gasteiger charge is -2.35. The second-order valence-corrected chi connectivity index (χ2v) is 7.37. The summed E-state index contributed by atoms with van der Waals surface area (Å²) in [5.74, 6) is -0.119. The number of aromatic nitrogens is 2. The summed E-state index contributed by atoms with van der Waals surface area (Å²) < 4.78 is 1.49. The molecule has 0 unspecified atom stereocenters. The van der Waals surface area contributed by atoms with E-state index in [1.54, 1.807) is 6.07 Å². The maximum atomic E-state index is 12.6.